The van der Waals surface area contributed by atoms with Gasteiger partial charge in [-0.05, 0) is 96.4 Å². The first kappa shape index (κ1) is 34.9. The van der Waals surface area contributed by atoms with Crippen LogP contribution in [0.3, 0.4) is 0 Å². The maximum atomic E-state index is 12.4. The molecule has 1 aromatic heterocycles. The number of carbonyl (C=O) groups is 2. The van der Waals surface area contributed by atoms with Crippen LogP contribution in [0.2, 0.25) is 0 Å². The van der Waals surface area contributed by atoms with Crippen LogP contribution in [0.5, 0.6) is 5.75 Å². The molecule has 2 heterocycles. The number of nitrogens with one attached hydrogen (secondary N) is 3. The van der Waals surface area contributed by atoms with Gasteiger partial charge in [-0.15, -0.1) is 0 Å². The fourth-order valence-corrected chi connectivity index (χ4v) is 7.18. The second kappa shape index (κ2) is 16.6. The van der Waals surface area contributed by atoms with E-state index in [0.29, 0.717) is 18.7 Å². The number of primary amides is 1. The van der Waals surface area contributed by atoms with Gasteiger partial charge in [0.15, 0.2) is 0 Å². The van der Waals surface area contributed by atoms with Crippen LogP contribution in [0.4, 0.5) is 10.5 Å². The Kier molecular flexibility index (Phi) is 11.6. The van der Waals surface area contributed by atoms with Crippen molar-refractivity contribution in [2.45, 2.75) is 38.2 Å². The molecule has 0 radical (unpaired) electrons. The predicted octanol–water partition coefficient (Wildman–Crippen LogP) is 6.20. The summed E-state index contributed by atoms with van der Waals surface area (Å²) in [5.41, 5.74) is 14.5. The summed E-state index contributed by atoms with van der Waals surface area (Å²) in [4.78, 5) is 40.0. The van der Waals surface area contributed by atoms with E-state index >= 15 is 0 Å². The molecule has 4 aromatic rings. The van der Waals surface area contributed by atoms with Crippen molar-refractivity contribution < 1.29 is 19.1 Å². The zero-order valence-electron chi connectivity index (χ0n) is 28.2. The second-order valence-electron chi connectivity index (χ2n) is 12.5. The lowest BCUT2D eigenvalue weighted by molar-refractivity contribution is -0.116. The molecule has 1 saturated heterocycles. The van der Waals surface area contributed by atoms with Gasteiger partial charge >= 0.3 is 11.0 Å². The van der Waals surface area contributed by atoms with E-state index in [-0.39, 0.29) is 16.9 Å². The first-order chi connectivity index (χ1) is 24.4. The molecule has 11 heteroatoms. The number of hydrogen-bond donors (Lipinski definition) is 4. The fourth-order valence-electron chi connectivity index (χ4n) is 6.29. The number of piperidine rings is 1. The van der Waals surface area contributed by atoms with E-state index in [2.05, 4.69) is 69.0 Å². The number of methoxy groups -OCH3 is 1. The van der Waals surface area contributed by atoms with Crippen LogP contribution in [0, 0.1) is 0 Å². The Morgan fingerprint density at radius 1 is 0.920 bits per heavy atom. The highest BCUT2D eigenvalue weighted by atomic mass is 32.1. The van der Waals surface area contributed by atoms with Crippen molar-refractivity contribution in [3.63, 3.8) is 0 Å². The third-order valence-electron chi connectivity index (χ3n) is 9.05. The van der Waals surface area contributed by atoms with Crippen molar-refractivity contribution in [1.82, 2.24) is 15.2 Å². The SMILES string of the molecule is COc1ccc(CCNCCc2ccc(NC(=O)CCN3CCC(OC(N)=O)CC3)cc2)c2sc(=O)[nH]c12.c1ccc(-c2ccc3cc2-3)cc1. The average Bonchev–Trinajstić information content (AvgIpc) is 3.59. The molecule has 1 aliphatic heterocycles. The van der Waals surface area contributed by atoms with Crippen molar-refractivity contribution in [1.29, 1.82) is 0 Å². The molecule has 5 N–H and O–H groups in total. The van der Waals surface area contributed by atoms with Crippen LogP contribution in [0.25, 0.3) is 32.5 Å². The highest BCUT2D eigenvalue weighted by Gasteiger charge is 2.22. The van der Waals surface area contributed by atoms with Crippen LogP contribution in [-0.2, 0) is 22.4 Å². The summed E-state index contributed by atoms with van der Waals surface area (Å²) in [5.74, 6) is 0.665. The molecule has 260 valence electrons. The van der Waals surface area contributed by atoms with E-state index in [1.165, 1.54) is 39.2 Å². The molecule has 0 unspecified atom stereocenters. The normalized spacial score (nSPS) is 13.7. The number of rotatable bonds is 13. The minimum absolute atomic E-state index is 0.0185. The predicted molar refractivity (Wildman–Crippen MR) is 200 cm³/mol. The maximum Gasteiger partial charge on any atom is 0.404 e. The van der Waals surface area contributed by atoms with Gasteiger partial charge in [-0.25, -0.2) is 4.79 Å². The molecular formula is C39H43N5O5S. The summed E-state index contributed by atoms with van der Waals surface area (Å²) in [7, 11) is 1.60. The molecule has 7 rings (SSSR count). The van der Waals surface area contributed by atoms with Gasteiger partial charge in [0.05, 0.1) is 11.8 Å². The van der Waals surface area contributed by atoms with Crippen LogP contribution in [-0.4, -0.2) is 67.8 Å². The lowest BCUT2D eigenvalue weighted by Gasteiger charge is -2.30. The number of nitrogens with zero attached hydrogens (tertiary/aromatic N) is 1. The van der Waals surface area contributed by atoms with Gasteiger partial charge in [0.1, 0.15) is 17.4 Å². The highest BCUT2D eigenvalue weighted by molar-refractivity contribution is 7.16. The standard InChI is InChI=1S/C27H35N5O5S.C12H8/c1-36-22-7-4-19(25-24(22)31-27(35)38-25)9-14-29-13-8-18-2-5-20(6-3-18)30-23(33)12-17-32-15-10-21(11-16-32)37-26(28)34;1-2-4-9(5-3-1)11-7-6-10-8-12(10)11/h2-7,21,29H,8-17H2,1H3,(H2,28,34)(H,30,33)(H,31,35);1-8H. The van der Waals surface area contributed by atoms with Gasteiger partial charge < -0.3 is 35.7 Å². The van der Waals surface area contributed by atoms with Gasteiger partial charge in [-0.1, -0.05) is 72.0 Å². The average molecular weight is 694 g/mol. The maximum absolute atomic E-state index is 12.4. The van der Waals surface area contributed by atoms with Gasteiger partial charge in [-0.2, -0.15) is 0 Å². The number of aromatic nitrogens is 1. The summed E-state index contributed by atoms with van der Waals surface area (Å²) in [6.45, 7) is 3.87. The van der Waals surface area contributed by atoms with Crippen LogP contribution < -0.4 is 26.0 Å². The highest BCUT2D eigenvalue weighted by Crippen LogP contribution is 2.43. The zero-order valence-corrected chi connectivity index (χ0v) is 29.0. The number of likely N-dealkylation sites (tertiary alicyclic amines) is 1. The van der Waals surface area contributed by atoms with Crippen molar-refractivity contribution in [2.24, 2.45) is 5.73 Å². The summed E-state index contributed by atoms with van der Waals surface area (Å²) in [6.07, 6.45) is 2.73. The second-order valence-corrected chi connectivity index (χ2v) is 13.5. The van der Waals surface area contributed by atoms with Crippen molar-refractivity contribution in [3.8, 4) is 28.0 Å². The number of hydrogen-bond acceptors (Lipinski definition) is 8. The largest absolute Gasteiger partial charge is 0.495 e. The monoisotopic (exact) mass is 693 g/mol. The lowest BCUT2D eigenvalue weighted by atomic mass is 10.1. The fraction of sp³-hybridized carbons (Fsp3) is 0.308. The number of carbonyl (C=O) groups excluding carboxylic acids is 2. The molecule has 3 aromatic carbocycles. The quantitative estimate of drug-likeness (QED) is 0.106. The Labute approximate surface area is 295 Å². The molecule has 0 spiro atoms. The zero-order chi connectivity index (χ0) is 34.9. The summed E-state index contributed by atoms with van der Waals surface area (Å²) in [6, 6.07) is 29.0. The van der Waals surface area contributed by atoms with E-state index in [1.807, 2.05) is 36.4 Å². The number of thiazole rings is 1. The first-order valence-corrected chi connectivity index (χ1v) is 17.8. The van der Waals surface area contributed by atoms with Gasteiger partial charge in [0.25, 0.3) is 0 Å². The Hall–Kier alpha value is -4.97. The molecule has 3 aliphatic rings. The number of nitrogens with two attached hydrogens (primary N) is 1. The number of amides is 2. The van der Waals surface area contributed by atoms with E-state index < -0.39 is 6.09 Å². The minimum Gasteiger partial charge on any atom is -0.495 e. The molecule has 0 bridgehead atoms. The molecular weight excluding hydrogens is 651 g/mol. The van der Waals surface area contributed by atoms with Gasteiger partial charge in [0.2, 0.25) is 5.91 Å². The van der Waals surface area contributed by atoms with Gasteiger partial charge in [0, 0.05) is 31.7 Å². The van der Waals surface area contributed by atoms with Crippen LogP contribution >= 0.6 is 11.3 Å². The Bertz CT molecular complexity index is 1970. The number of aromatic amines is 1. The topological polar surface area (TPSA) is 139 Å². The number of benzene rings is 4. The van der Waals surface area contributed by atoms with Crippen LogP contribution in [0.1, 0.15) is 30.4 Å². The molecule has 0 atom stereocenters. The summed E-state index contributed by atoms with van der Waals surface area (Å²) in [5, 5.41) is 6.43. The molecule has 0 saturated carbocycles. The minimum atomic E-state index is -0.727. The summed E-state index contributed by atoms with van der Waals surface area (Å²) >= 11 is 1.22. The summed E-state index contributed by atoms with van der Waals surface area (Å²) < 4.78 is 11.3. The Morgan fingerprint density at radius 3 is 2.36 bits per heavy atom. The molecule has 2 amide bonds. The van der Waals surface area contributed by atoms with Gasteiger partial charge in [-0.3, -0.25) is 9.59 Å². The van der Waals surface area contributed by atoms with Crippen LogP contribution in [0.15, 0.2) is 89.7 Å². The molecule has 2 aliphatic carbocycles. The number of H-pyrrole nitrogens is 1. The smallest absolute Gasteiger partial charge is 0.404 e. The van der Waals surface area contributed by atoms with E-state index in [4.69, 9.17) is 15.2 Å². The first-order valence-electron chi connectivity index (χ1n) is 17.0. The molecule has 10 nitrogen and oxygen atoms in total. The lowest BCUT2D eigenvalue weighted by Crippen LogP contribution is -2.39. The van der Waals surface area contributed by atoms with E-state index in [1.54, 1.807) is 7.11 Å². The number of fused-ring (bicyclic) bond motifs is 2. The van der Waals surface area contributed by atoms with Crippen molar-refractivity contribution >= 4 is 39.2 Å². The molecule has 50 heavy (non-hydrogen) atoms. The number of ether oxygens (including phenoxy) is 2. The third kappa shape index (κ3) is 9.38. The Balaban J connectivity index is 0.000000297. The van der Waals surface area contributed by atoms with E-state index in [0.717, 1.165) is 73.3 Å². The Morgan fingerprint density at radius 2 is 1.68 bits per heavy atom. The van der Waals surface area contributed by atoms with Crippen molar-refractivity contribution in [3.05, 3.63) is 106 Å². The van der Waals surface area contributed by atoms with Crippen molar-refractivity contribution in [2.75, 3.05) is 45.2 Å². The third-order valence-corrected chi connectivity index (χ3v) is 10.0. The number of anilines is 1. The van der Waals surface area contributed by atoms with E-state index in [9.17, 15) is 14.4 Å². The molecule has 1 fully saturated rings.